The number of fused-ring (bicyclic) bond motifs is 3. The summed E-state index contributed by atoms with van der Waals surface area (Å²) >= 11 is 0. The van der Waals surface area contributed by atoms with E-state index in [-0.39, 0.29) is 12.5 Å². The third-order valence-electron chi connectivity index (χ3n) is 5.01. The Morgan fingerprint density at radius 2 is 1.72 bits per heavy atom. The lowest BCUT2D eigenvalue weighted by Gasteiger charge is -2.09. The fourth-order valence-electron chi connectivity index (χ4n) is 3.56. The molecule has 5 rings (SSSR count). The van der Waals surface area contributed by atoms with Crippen molar-refractivity contribution in [2.45, 2.75) is 13.2 Å². The Bertz CT molecular complexity index is 1560. The fourth-order valence-corrected chi connectivity index (χ4v) is 3.56. The third-order valence-corrected chi connectivity index (χ3v) is 5.01. The van der Waals surface area contributed by atoms with Crippen LogP contribution < -0.4 is 11.4 Å². The maximum absolute atomic E-state index is 12.4. The highest BCUT2D eigenvalue weighted by Crippen LogP contribution is 2.27. The molecular formula is C24H16N2O6. The summed E-state index contributed by atoms with van der Waals surface area (Å²) < 4.78 is 16.7. The van der Waals surface area contributed by atoms with E-state index in [2.05, 4.69) is 5.10 Å². The molecule has 32 heavy (non-hydrogen) atoms. The van der Waals surface area contributed by atoms with E-state index in [9.17, 15) is 14.4 Å². The highest BCUT2D eigenvalue weighted by atomic mass is 16.5. The van der Waals surface area contributed by atoms with E-state index in [0.717, 1.165) is 15.5 Å². The molecule has 0 spiro atoms. The molecule has 0 aliphatic carbocycles. The van der Waals surface area contributed by atoms with Crippen LogP contribution in [0.5, 0.6) is 0 Å². The first kappa shape index (κ1) is 19.5. The zero-order valence-corrected chi connectivity index (χ0v) is 16.7. The molecule has 2 aromatic heterocycles. The first-order valence-corrected chi connectivity index (χ1v) is 9.82. The van der Waals surface area contributed by atoms with Crippen LogP contribution in [0.15, 0.2) is 91.2 Å². The summed E-state index contributed by atoms with van der Waals surface area (Å²) in [5, 5.41) is 6.58. The average molecular weight is 428 g/mol. The molecule has 3 aromatic carbocycles. The predicted molar refractivity (Wildman–Crippen MR) is 116 cm³/mol. The molecule has 0 amide bonds. The van der Waals surface area contributed by atoms with E-state index in [1.54, 1.807) is 30.3 Å². The third kappa shape index (κ3) is 3.69. The van der Waals surface area contributed by atoms with Gasteiger partial charge in [0.15, 0.2) is 0 Å². The Balaban J connectivity index is 1.39. The Labute approximate surface area is 180 Å². The second-order valence-corrected chi connectivity index (χ2v) is 7.11. The van der Waals surface area contributed by atoms with E-state index in [1.165, 1.54) is 6.07 Å². The van der Waals surface area contributed by atoms with Crippen LogP contribution in [-0.2, 0) is 22.7 Å². The van der Waals surface area contributed by atoms with Gasteiger partial charge in [0.05, 0.1) is 0 Å². The van der Waals surface area contributed by atoms with Crippen molar-refractivity contribution in [1.29, 1.82) is 0 Å². The van der Waals surface area contributed by atoms with Gasteiger partial charge in [0, 0.05) is 22.6 Å². The Morgan fingerprint density at radius 1 is 0.938 bits per heavy atom. The number of hydrogen-bond acceptors (Lipinski definition) is 7. The van der Waals surface area contributed by atoms with E-state index in [0.29, 0.717) is 22.1 Å². The largest absolute Gasteiger partial charge is 0.459 e. The quantitative estimate of drug-likeness (QED) is 0.240. The van der Waals surface area contributed by atoms with Gasteiger partial charge in [0.2, 0.25) is 5.89 Å². The van der Waals surface area contributed by atoms with Gasteiger partial charge in [0.1, 0.15) is 18.7 Å². The van der Waals surface area contributed by atoms with Crippen molar-refractivity contribution in [2.24, 2.45) is 0 Å². The van der Waals surface area contributed by atoms with Gasteiger partial charge in [-0.05, 0) is 29.0 Å². The first-order valence-electron chi connectivity index (χ1n) is 9.82. The second kappa shape index (κ2) is 7.99. The molecule has 2 heterocycles. The summed E-state index contributed by atoms with van der Waals surface area (Å²) in [7, 11) is 0. The van der Waals surface area contributed by atoms with Gasteiger partial charge in [-0.2, -0.15) is 4.68 Å². The number of aromatic nitrogens is 2. The summed E-state index contributed by atoms with van der Waals surface area (Å²) in [6.45, 7) is -0.581. The summed E-state index contributed by atoms with van der Waals surface area (Å²) in [6, 6.07) is 21.4. The summed E-state index contributed by atoms with van der Waals surface area (Å²) in [6.07, 6.45) is 0. The molecule has 0 radical (unpaired) electrons. The van der Waals surface area contributed by atoms with Crippen LogP contribution in [0.2, 0.25) is 0 Å². The van der Waals surface area contributed by atoms with Crippen LogP contribution in [-0.4, -0.2) is 15.7 Å². The lowest BCUT2D eigenvalue weighted by atomic mass is 10.0. The van der Waals surface area contributed by atoms with Crippen LogP contribution in [0, 0.1) is 0 Å². The molecular weight excluding hydrogens is 412 g/mol. The lowest BCUT2D eigenvalue weighted by Crippen LogP contribution is -2.23. The standard InChI is InChI=1S/C24H16N2O6/c27-20-12-17(22-18-9-5-4-6-15(18)10-11-19(22)31-20)14-30-21(28)13-26-24(29)32-23(25-26)16-7-2-1-3-8-16/h1-12H,13-14H2. The van der Waals surface area contributed by atoms with Crippen LogP contribution in [0.25, 0.3) is 33.2 Å². The molecule has 0 unspecified atom stereocenters. The van der Waals surface area contributed by atoms with Crippen molar-refractivity contribution < 1.29 is 18.4 Å². The fraction of sp³-hybridized carbons (Fsp3) is 0.0833. The number of carbonyl (C=O) groups excluding carboxylic acids is 1. The van der Waals surface area contributed by atoms with Gasteiger partial charge < -0.3 is 13.6 Å². The molecule has 8 nitrogen and oxygen atoms in total. The summed E-state index contributed by atoms with van der Waals surface area (Å²) in [4.78, 5) is 36.4. The van der Waals surface area contributed by atoms with Crippen molar-refractivity contribution in [2.75, 3.05) is 0 Å². The Hall–Kier alpha value is -4.46. The van der Waals surface area contributed by atoms with Crippen molar-refractivity contribution in [1.82, 2.24) is 9.78 Å². The molecule has 0 atom stereocenters. The highest BCUT2D eigenvalue weighted by molar-refractivity contribution is 6.07. The molecule has 8 heteroatoms. The van der Waals surface area contributed by atoms with E-state index < -0.39 is 23.9 Å². The van der Waals surface area contributed by atoms with Crippen LogP contribution in [0.4, 0.5) is 0 Å². The minimum absolute atomic E-state index is 0.113. The van der Waals surface area contributed by atoms with Gasteiger partial charge in [-0.3, -0.25) is 4.79 Å². The van der Waals surface area contributed by atoms with Crippen molar-refractivity contribution in [3.8, 4) is 11.5 Å². The van der Waals surface area contributed by atoms with Crippen LogP contribution in [0.1, 0.15) is 5.56 Å². The number of benzene rings is 3. The van der Waals surface area contributed by atoms with Gasteiger partial charge in [-0.1, -0.05) is 48.5 Å². The molecule has 0 bridgehead atoms. The SMILES string of the molecule is O=C(Cn1nc(-c2ccccc2)oc1=O)OCc1cc(=O)oc2ccc3ccccc3c12. The van der Waals surface area contributed by atoms with Gasteiger partial charge in [0.25, 0.3) is 0 Å². The number of rotatable bonds is 5. The topological polar surface area (TPSA) is 105 Å². The molecule has 158 valence electrons. The number of esters is 1. The minimum Gasteiger partial charge on any atom is -0.459 e. The second-order valence-electron chi connectivity index (χ2n) is 7.11. The number of ether oxygens (including phenoxy) is 1. The van der Waals surface area contributed by atoms with Crippen LogP contribution in [0.3, 0.4) is 0 Å². The Kier molecular flexibility index (Phi) is 4.87. The number of hydrogen-bond donors (Lipinski definition) is 0. The first-order chi connectivity index (χ1) is 15.6. The molecule has 0 N–H and O–H groups in total. The van der Waals surface area contributed by atoms with Gasteiger partial charge in [-0.25, -0.2) is 9.59 Å². The number of nitrogens with zero attached hydrogens (tertiary/aromatic N) is 2. The average Bonchev–Trinajstić information content (AvgIpc) is 3.17. The zero-order valence-electron chi connectivity index (χ0n) is 16.7. The maximum atomic E-state index is 12.4. The summed E-state index contributed by atoms with van der Waals surface area (Å²) in [5.74, 6) is -1.35. The Morgan fingerprint density at radius 3 is 2.56 bits per heavy atom. The van der Waals surface area contributed by atoms with E-state index in [4.69, 9.17) is 13.6 Å². The van der Waals surface area contributed by atoms with Crippen molar-refractivity contribution in [3.05, 3.63) is 99.3 Å². The normalized spacial score (nSPS) is 11.1. The summed E-state index contributed by atoms with van der Waals surface area (Å²) in [5.41, 5.74) is 0.992. The lowest BCUT2D eigenvalue weighted by molar-refractivity contribution is -0.146. The van der Waals surface area contributed by atoms with E-state index in [1.807, 2.05) is 36.4 Å². The molecule has 0 aliphatic rings. The molecule has 0 saturated heterocycles. The molecule has 5 aromatic rings. The van der Waals surface area contributed by atoms with Gasteiger partial charge in [-0.15, -0.1) is 5.10 Å². The van der Waals surface area contributed by atoms with E-state index >= 15 is 0 Å². The number of carbonyl (C=O) groups is 1. The highest BCUT2D eigenvalue weighted by Gasteiger charge is 2.16. The monoisotopic (exact) mass is 428 g/mol. The zero-order chi connectivity index (χ0) is 22.1. The molecule has 0 aliphatic heterocycles. The van der Waals surface area contributed by atoms with Crippen molar-refractivity contribution in [3.63, 3.8) is 0 Å². The van der Waals surface area contributed by atoms with Crippen molar-refractivity contribution >= 4 is 27.7 Å². The molecule has 0 fully saturated rings. The van der Waals surface area contributed by atoms with Crippen LogP contribution >= 0.6 is 0 Å². The maximum Gasteiger partial charge on any atom is 0.437 e. The smallest absolute Gasteiger partial charge is 0.437 e. The predicted octanol–water partition coefficient (Wildman–Crippen LogP) is 3.51. The minimum atomic E-state index is -0.766. The van der Waals surface area contributed by atoms with Gasteiger partial charge >= 0.3 is 17.4 Å². The molecule has 0 saturated carbocycles.